The molecule has 2 nitrogen and oxygen atoms in total. The molecule has 0 heterocycles. The van der Waals surface area contributed by atoms with E-state index in [1.54, 1.807) is 0 Å². The number of aliphatic hydroxyl groups is 1. The molecule has 0 unspecified atom stereocenters. The number of carbonyl (C=O) groups is 1. The van der Waals surface area contributed by atoms with E-state index < -0.39 is 11.5 Å². The van der Waals surface area contributed by atoms with E-state index >= 15 is 0 Å². The summed E-state index contributed by atoms with van der Waals surface area (Å²) in [7, 11) is 0. The van der Waals surface area contributed by atoms with Crippen molar-refractivity contribution < 1.29 is 9.90 Å². The van der Waals surface area contributed by atoms with Crippen LogP contribution in [0.4, 0.5) is 0 Å². The van der Waals surface area contributed by atoms with Crippen LogP contribution in [0.5, 0.6) is 0 Å². The molecule has 1 aromatic carbocycles. The van der Waals surface area contributed by atoms with Crippen molar-refractivity contribution in [3.63, 3.8) is 0 Å². The van der Waals surface area contributed by atoms with E-state index in [2.05, 4.69) is 15.9 Å². The summed E-state index contributed by atoms with van der Waals surface area (Å²) < 4.78 is 0.980. The van der Waals surface area contributed by atoms with Crippen molar-refractivity contribution in [3.05, 3.63) is 34.3 Å². The minimum Gasteiger partial charge on any atom is -0.392 e. The molecular weight excluding hydrogens is 268 g/mol. The molecule has 0 amide bonds. The zero-order chi connectivity index (χ0) is 12.3. The molecule has 1 aromatic rings. The molecule has 0 fully saturated rings. The van der Waals surface area contributed by atoms with Crippen LogP contribution in [0.3, 0.4) is 0 Å². The van der Waals surface area contributed by atoms with Crippen LogP contribution in [0.1, 0.15) is 32.8 Å². The van der Waals surface area contributed by atoms with Gasteiger partial charge >= 0.3 is 0 Å². The largest absolute Gasteiger partial charge is 0.392 e. The molecule has 0 aliphatic heterocycles. The molecule has 1 N–H and O–H groups in total. The minimum atomic E-state index is -0.653. The van der Waals surface area contributed by atoms with Gasteiger partial charge in [0.05, 0.1) is 6.10 Å². The van der Waals surface area contributed by atoms with Gasteiger partial charge in [-0.25, -0.2) is 0 Å². The smallest absolute Gasteiger partial charge is 0.132 e. The minimum absolute atomic E-state index is 0.00979. The maximum atomic E-state index is 11.0. The number of Topliss-reactive ketones (excluding diaryl/α,β-unsaturated/α-hetero) is 1. The Hall–Kier alpha value is -0.670. The van der Waals surface area contributed by atoms with Crippen molar-refractivity contribution in [2.45, 2.75) is 38.7 Å². The maximum absolute atomic E-state index is 11.0. The van der Waals surface area contributed by atoms with Crippen molar-refractivity contribution in [2.75, 3.05) is 0 Å². The fourth-order valence-corrected chi connectivity index (χ4v) is 2.01. The highest BCUT2D eigenvalue weighted by molar-refractivity contribution is 9.10. The van der Waals surface area contributed by atoms with Gasteiger partial charge in [0.2, 0.25) is 0 Å². The monoisotopic (exact) mass is 284 g/mol. The van der Waals surface area contributed by atoms with E-state index in [1.165, 1.54) is 6.92 Å². The number of halogens is 1. The van der Waals surface area contributed by atoms with Crippen LogP contribution >= 0.6 is 15.9 Å². The highest BCUT2D eigenvalue weighted by atomic mass is 79.9. The van der Waals surface area contributed by atoms with Crippen LogP contribution in [0.15, 0.2) is 28.7 Å². The Morgan fingerprint density at radius 2 is 2.12 bits per heavy atom. The Morgan fingerprint density at radius 3 is 2.62 bits per heavy atom. The molecule has 0 aromatic heterocycles. The summed E-state index contributed by atoms with van der Waals surface area (Å²) in [5, 5.41) is 10.1. The first kappa shape index (κ1) is 13.4. The Bertz CT molecular complexity index is 385. The van der Waals surface area contributed by atoms with Crippen LogP contribution in [0, 0.1) is 0 Å². The van der Waals surface area contributed by atoms with E-state index in [0.29, 0.717) is 0 Å². The topological polar surface area (TPSA) is 37.3 Å². The summed E-state index contributed by atoms with van der Waals surface area (Å²) in [6.45, 7) is 5.39. The molecule has 0 radical (unpaired) electrons. The zero-order valence-electron chi connectivity index (χ0n) is 9.83. The van der Waals surface area contributed by atoms with Gasteiger partial charge in [-0.3, -0.25) is 4.79 Å². The first-order valence-corrected chi connectivity index (χ1v) is 6.07. The molecule has 16 heavy (non-hydrogen) atoms. The van der Waals surface area contributed by atoms with Crippen LogP contribution in [-0.4, -0.2) is 17.0 Å². The molecule has 0 bridgehead atoms. The van der Waals surface area contributed by atoms with Crippen LogP contribution in [0.2, 0.25) is 0 Å². The van der Waals surface area contributed by atoms with E-state index in [4.69, 9.17) is 0 Å². The normalized spacial score (nSPS) is 13.6. The Kier molecular flexibility index (Phi) is 4.28. The number of hydrogen-bond donors (Lipinski definition) is 1. The van der Waals surface area contributed by atoms with E-state index in [9.17, 15) is 9.90 Å². The second-order valence-corrected chi connectivity index (χ2v) is 5.57. The summed E-state index contributed by atoms with van der Waals surface area (Å²) in [4.78, 5) is 11.0. The summed E-state index contributed by atoms with van der Waals surface area (Å²) in [5.74, 6) is 0.00979. The quantitative estimate of drug-likeness (QED) is 0.923. The van der Waals surface area contributed by atoms with Gasteiger partial charge in [0.15, 0.2) is 0 Å². The van der Waals surface area contributed by atoms with Gasteiger partial charge in [0.25, 0.3) is 0 Å². The third kappa shape index (κ3) is 3.16. The molecule has 1 atom stereocenters. The van der Waals surface area contributed by atoms with Crippen LogP contribution < -0.4 is 0 Å². The first-order chi connectivity index (χ1) is 7.34. The van der Waals surface area contributed by atoms with Crippen molar-refractivity contribution in [3.8, 4) is 0 Å². The van der Waals surface area contributed by atoms with Crippen molar-refractivity contribution in [1.82, 2.24) is 0 Å². The molecule has 3 heteroatoms. The molecule has 0 saturated heterocycles. The predicted octanol–water partition coefficient (Wildman–Crippen LogP) is 3.07. The molecular formula is C13H17BrO2. The van der Waals surface area contributed by atoms with Crippen molar-refractivity contribution in [2.24, 2.45) is 0 Å². The van der Waals surface area contributed by atoms with E-state index in [-0.39, 0.29) is 12.2 Å². The lowest BCUT2D eigenvalue weighted by molar-refractivity contribution is -0.119. The summed E-state index contributed by atoms with van der Waals surface area (Å²) in [5.41, 5.74) is 0.603. The molecule has 0 spiro atoms. The highest BCUT2D eigenvalue weighted by Gasteiger charge is 2.30. The summed E-state index contributed by atoms with van der Waals surface area (Å²) in [6.07, 6.45) is -0.459. The number of carbonyl (C=O) groups excluding carboxylic acids is 1. The standard InChI is InChI=1S/C13H17BrO2/c1-9(15)7-12(16)13(2,3)10-5-4-6-11(14)8-10/h4-6,8,12,16H,7H2,1-3H3/t12-/m0/s1. The maximum Gasteiger partial charge on any atom is 0.132 e. The number of ketones is 1. The molecule has 1 rings (SSSR count). The Labute approximate surface area is 105 Å². The molecule has 88 valence electrons. The average Bonchev–Trinajstić information content (AvgIpc) is 2.16. The van der Waals surface area contributed by atoms with Gasteiger partial charge in [-0.15, -0.1) is 0 Å². The fourth-order valence-electron chi connectivity index (χ4n) is 1.61. The predicted molar refractivity (Wildman–Crippen MR) is 68.5 cm³/mol. The Balaban J connectivity index is 2.96. The second kappa shape index (κ2) is 5.11. The van der Waals surface area contributed by atoms with Gasteiger partial charge in [-0.05, 0) is 24.6 Å². The van der Waals surface area contributed by atoms with Crippen molar-refractivity contribution >= 4 is 21.7 Å². The lowest BCUT2D eigenvalue weighted by Gasteiger charge is -2.30. The van der Waals surface area contributed by atoms with Gasteiger partial charge in [0, 0.05) is 16.3 Å². The van der Waals surface area contributed by atoms with Crippen molar-refractivity contribution in [1.29, 1.82) is 0 Å². The van der Waals surface area contributed by atoms with Gasteiger partial charge in [0.1, 0.15) is 5.78 Å². The Morgan fingerprint density at radius 1 is 1.50 bits per heavy atom. The fraction of sp³-hybridized carbons (Fsp3) is 0.462. The van der Waals surface area contributed by atoms with Gasteiger partial charge in [-0.2, -0.15) is 0 Å². The molecule has 0 saturated carbocycles. The summed E-state index contributed by atoms with van der Waals surface area (Å²) in [6, 6.07) is 7.82. The van der Waals surface area contributed by atoms with E-state index in [1.807, 2.05) is 38.1 Å². The number of hydrogen-bond acceptors (Lipinski definition) is 2. The van der Waals surface area contributed by atoms with E-state index in [0.717, 1.165) is 10.0 Å². The third-order valence-corrected chi connectivity index (χ3v) is 3.38. The SMILES string of the molecule is CC(=O)C[C@H](O)C(C)(C)c1cccc(Br)c1. The zero-order valence-corrected chi connectivity index (χ0v) is 11.4. The van der Waals surface area contributed by atoms with Crippen LogP contribution in [-0.2, 0) is 10.2 Å². The van der Waals surface area contributed by atoms with Gasteiger partial charge < -0.3 is 5.11 Å². The lowest BCUT2D eigenvalue weighted by atomic mass is 9.78. The second-order valence-electron chi connectivity index (χ2n) is 4.65. The highest BCUT2D eigenvalue weighted by Crippen LogP contribution is 2.30. The molecule has 0 aliphatic carbocycles. The number of benzene rings is 1. The average molecular weight is 285 g/mol. The first-order valence-electron chi connectivity index (χ1n) is 5.27. The number of aliphatic hydroxyl groups excluding tert-OH is 1. The lowest BCUT2D eigenvalue weighted by Crippen LogP contribution is -2.35. The summed E-state index contributed by atoms with van der Waals surface area (Å²) >= 11 is 3.41. The molecule has 0 aliphatic rings. The van der Waals surface area contributed by atoms with Crippen LogP contribution in [0.25, 0.3) is 0 Å². The van der Waals surface area contributed by atoms with Gasteiger partial charge in [-0.1, -0.05) is 41.9 Å². The number of rotatable bonds is 4. The third-order valence-electron chi connectivity index (χ3n) is 2.88.